The molecule has 15 heavy (non-hydrogen) atoms. The van der Waals surface area contributed by atoms with Gasteiger partial charge in [-0.1, -0.05) is 26.7 Å². The average Bonchev–Trinajstić information content (AvgIpc) is 2.99. The van der Waals surface area contributed by atoms with Crippen molar-refractivity contribution in [3.63, 3.8) is 0 Å². The quantitative estimate of drug-likeness (QED) is 0.789. The van der Waals surface area contributed by atoms with Crippen LogP contribution >= 0.6 is 12.4 Å². The van der Waals surface area contributed by atoms with Gasteiger partial charge in [-0.3, -0.25) is 4.79 Å². The molecule has 0 heterocycles. The lowest BCUT2D eigenvalue weighted by molar-refractivity contribution is -0.138. The molecule has 0 aromatic heterocycles. The molecule has 0 bridgehead atoms. The van der Waals surface area contributed by atoms with Crippen molar-refractivity contribution in [2.45, 2.75) is 45.6 Å². The largest absolute Gasteiger partial charge is 0.481 e. The summed E-state index contributed by atoms with van der Waals surface area (Å²) in [6.45, 7) is 4.23. The summed E-state index contributed by atoms with van der Waals surface area (Å²) in [5.41, 5.74) is 5.48. The molecule has 2 rings (SSSR count). The van der Waals surface area contributed by atoms with E-state index in [-0.39, 0.29) is 18.3 Å². The van der Waals surface area contributed by atoms with E-state index < -0.39 is 5.97 Å². The Morgan fingerprint density at radius 1 is 1.27 bits per heavy atom. The van der Waals surface area contributed by atoms with Crippen LogP contribution in [0.5, 0.6) is 0 Å². The van der Waals surface area contributed by atoms with Crippen molar-refractivity contribution in [1.82, 2.24) is 0 Å². The maximum atomic E-state index is 10.1. The van der Waals surface area contributed by atoms with Crippen LogP contribution < -0.4 is 5.73 Å². The molecule has 4 heteroatoms. The fourth-order valence-corrected chi connectivity index (χ4v) is 1.74. The molecular weight excluding hydrogens is 214 g/mol. The maximum Gasteiger partial charge on any atom is 0.306 e. The number of carboxylic acid groups (broad SMARTS) is 1. The van der Waals surface area contributed by atoms with Crippen LogP contribution in [0.4, 0.5) is 0 Å². The Labute approximate surface area is 97.8 Å². The van der Waals surface area contributed by atoms with Gasteiger partial charge in [-0.2, -0.15) is 0 Å². The lowest BCUT2D eigenvalue weighted by Crippen LogP contribution is -2.00. The minimum Gasteiger partial charge on any atom is -0.481 e. The van der Waals surface area contributed by atoms with E-state index in [1.807, 2.05) is 6.92 Å². The van der Waals surface area contributed by atoms with Crippen LogP contribution in [-0.2, 0) is 4.79 Å². The van der Waals surface area contributed by atoms with Gasteiger partial charge in [0.15, 0.2) is 0 Å². The van der Waals surface area contributed by atoms with E-state index in [0.717, 1.165) is 18.8 Å². The van der Waals surface area contributed by atoms with Crippen molar-refractivity contribution < 1.29 is 9.90 Å². The van der Waals surface area contributed by atoms with Crippen molar-refractivity contribution in [1.29, 1.82) is 0 Å². The first-order chi connectivity index (χ1) is 6.60. The van der Waals surface area contributed by atoms with Gasteiger partial charge in [0.2, 0.25) is 0 Å². The van der Waals surface area contributed by atoms with E-state index in [1.165, 1.54) is 12.8 Å². The number of nitrogens with two attached hydrogens (primary N) is 1. The Morgan fingerprint density at radius 2 is 1.73 bits per heavy atom. The van der Waals surface area contributed by atoms with Gasteiger partial charge in [0, 0.05) is 6.04 Å². The number of carboxylic acids is 1. The topological polar surface area (TPSA) is 63.3 Å². The molecule has 2 aliphatic carbocycles. The second kappa shape index (κ2) is 6.33. The molecule has 0 radical (unpaired) electrons. The number of carbonyl (C=O) groups is 1. The first-order valence-electron chi connectivity index (χ1n) is 5.58. The van der Waals surface area contributed by atoms with Gasteiger partial charge in [-0.15, -0.1) is 12.4 Å². The smallest absolute Gasteiger partial charge is 0.306 e. The molecule has 0 aromatic rings. The van der Waals surface area contributed by atoms with Crippen molar-refractivity contribution in [3.05, 3.63) is 0 Å². The number of halogens is 1. The Bertz CT molecular complexity index is 209. The molecule has 0 aliphatic heterocycles. The number of aliphatic carboxylic acids is 1. The first kappa shape index (κ1) is 14.7. The summed E-state index contributed by atoms with van der Waals surface area (Å²) in [6.07, 6.45) is 4.49. The lowest BCUT2D eigenvalue weighted by Gasteiger charge is -1.84. The maximum absolute atomic E-state index is 10.1. The van der Waals surface area contributed by atoms with E-state index in [1.54, 1.807) is 0 Å². The summed E-state index contributed by atoms with van der Waals surface area (Å²) in [5, 5.41) is 8.35. The van der Waals surface area contributed by atoms with Gasteiger partial charge >= 0.3 is 5.97 Å². The van der Waals surface area contributed by atoms with Gasteiger partial charge in [0.1, 0.15) is 0 Å². The van der Waals surface area contributed by atoms with Crippen molar-refractivity contribution in [2.24, 2.45) is 23.5 Å². The van der Waals surface area contributed by atoms with E-state index in [2.05, 4.69) is 6.92 Å². The van der Waals surface area contributed by atoms with E-state index in [4.69, 9.17) is 10.8 Å². The number of rotatable bonds is 3. The third-order valence-electron chi connectivity index (χ3n) is 3.27. The molecule has 4 atom stereocenters. The fourth-order valence-electron chi connectivity index (χ4n) is 1.74. The molecule has 0 spiro atoms. The van der Waals surface area contributed by atoms with Crippen LogP contribution in [0, 0.1) is 17.8 Å². The molecule has 2 fully saturated rings. The molecule has 2 saturated carbocycles. The third-order valence-corrected chi connectivity index (χ3v) is 3.27. The lowest BCUT2D eigenvalue weighted by atomic mass is 10.3. The Kier molecular flexibility index (Phi) is 6.22. The van der Waals surface area contributed by atoms with Crippen molar-refractivity contribution in [3.8, 4) is 0 Å². The molecule has 3 N–H and O–H groups in total. The van der Waals surface area contributed by atoms with Crippen molar-refractivity contribution >= 4 is 18.4 Å². The van der Waals surface area contributed by atoms with Crippen LogP contribution in [0.15, 0.2) is 0 Å². The molecule has 90 valence electrons. The van der Waals surface area contributed by atoms with Crippen molar-refractivity contribution in [2.75, 3.05) is 0 Å². The summed E-state index contributed by atoms with van der Waals surface area (Å²) in [4.78, 5) is 10.1. The van der Waals surface area contributed by atoms with Crippen LogP contribution in [0.3, 0.4) is 0 Å². The highest BCUT2D eigenvalue weighted by Gasteiger charge is 2.41. The predicted molar refractivity (Wildman–Crippen MR) is 63.1 cm³/mol. The molecular formula is C11H22ClNO2. The Hall–Kier alpha value is -0.280. The van der Waals surface area contributed by atoms with Gasteiger partial charge in [-0.25, -0.2) is 0 Å². The fraction of sp³-hybridized carbons (Fsp3) is 0.909. The van der Waals surface area contributed by atoms with Gasteiger partial charge in [0.25, 0.3) is 0 Å². The summed E-state index contributed by atoms with van der Waals surface area (Å²) in [7, 11) is 0. The standard InChI is InChI=1S/C6H10O2.C5H11N.ClH/c1-2-4-3-5(4)6(7)8;1-2-4-3-5(4)6;/h4-5H,2-3H2,1H3,(H,7,8);4-5H,2-3,6H2,1H3;1H. The van der Waals surface area contributed by atoms with Crippen LogP contribution in [0.1, 0.15) is 39.5 Å². The second-order valence-electron chi connectivity index (χ2n) is 4.42. The van der Waals surface area contributed by atoms with Crippen LogP contribution in [-0.4, -0.2) is 17.1 Å². The minimum atomic E-state index is -0.614. The zero-order valence-corrected chi connectivity index (χ0v) is 10.3. The van der Waals surface area contributed by atoms with Crippen LogP contribution in [0.25, 0.3) is 0 Å². The molecule has 0 amide bonds. The zero-order chi connectivity index (χ0) is 10.7. The van der Waals surface area contributed by atoms with E-state index in [0.29, 0.717) is 12.0 Å². The monoisotopic (exact) mass is 235 g/mol. The summed E-state index contributed by atoms with van der Waals surface area (Å²) < 4.78 is 0. The second-order valence-corrected chi connectivity index (χ2v) is 4.42. The van der Waals surface area contributed by atoms with Gasteiger partial charge in [0.05, 0.1) is 5.92 Å². The Balaban J connectivity index is 0.000000253. The summed E-state index contributed by atoms with van der Waals surface area (Å²) in [5.74, 6) is 0.759. The highest BCUT2D eigenvalue weighted by molar-refractivity contribution is 5.85. The summed E-state index contributed by atoms with van der Waals surface area (Å²) in [6, 6.07) is 0.565. The average molecular weight is 236 g/mol. The third kappa shape index (κ3) is 4.85. The molecule has 3 nitrogen and oxygen atoms in total. The Morgan fingerprint density at radius 3 is 1.80 bits per heavy atom. The van der Waals surface area contributed by atoms with Gasteiger partial charge < -0.3 is 10.8 Å². The highest BCUT2D eigenvalue weighted by Crippen LogP contribution is 2.40. The molecule has 2 aliphatic rings. The predicted octanol–water partition coefficient (Wildman–Crippen LogP) is 2.28. The first-order valence-corrected chi connectivity index (χ1v) is 5.58. The number of hydrogen-bond donors (Lipinski definition) is 2. The molecule has 0 saturated heterocycles. The number of hydrogen-bond acceptors (Lipinski definition) is 2. The SMILES string of the molecule is CCC1CC1C(=O)O.CCC1CC1N.Cl. The highest BCUT2D eigenvalue weighted by atomic mass is 35.5. The zero-order valence-electron chi connectivity index (χ0n) is 9.48. The van der Waals surface area contributed by atoms with Crippen LogP contribution in [0.2, 0.25) is 0 Å². The molecule has 0 aromatic carbocycles. The van der Waals surface area contributed by atoms with Gasteiger partial charge in [-0.05, 0) is 24.7 Å². The summed E-state index contributed by atoms with van der Waals surface area (Å²) >= 11 is 0. The normalized spacial score (nSPS) is 35.7. The molecule has 4 unspecified atom stereocenters. The van der Waals surface area contributed by atoms with E-state index in [9.17, 15) is 4.79 Å². The van der Waals surface area contributed by atoms with E-state index >= 15 is 0 Å². The minimum absolute atomic E-state index is 0.